The van der Waals surface area contributed by atoms with Gasteiger partial charge in [0.05, 0.1) is 20.3 Å². The SMILES string of the molecule is COC1=C[C@H](C)[C@@H]2C[C@H]3O[C@H](O)C[C@H]4C(C)=C(OC)C(=O)[C@H]([C@@]2(C)C1=O)[C@@]34C. The van der Waals surface area contributed by atoms with E-state index in [0.29, 0.717) is 24.4 Å². The molecule has 3 aliphatic carbocycles. The van der Waals surface area contributed by atoms with Crippen LogP contribution in [0.25, 0.3) is 0 Å². The second-order valence-electron chi connectivity index (χ2n) is 9.30. The van der Waals surface area contributed by atoms with E-state index in [2.05, 4.69) is 13.8 Å². The summed E-state index contributed by atoms with van der Waals surface area (Å²) in [5, 5.41) is 10.4. The summed E-state index contributed by atoms with van der Waals surface area (Å²) in [5.41, 5.74) is -0.644. The molecule has 0 aromatic heterocycles. The highest BCUT2D eigenvalue weighted by atomic mass is 16.6. The number of aliphatic hydroxyl groups excluding tert-OH is 1. The van der Waals surface area contributed by atoms with Crippen LogP contribution in [0.2, 0.25) is 0 Å². The van der Waals surface area contributed by atoms with Gasteiger partial charge in [-0.25, -0.2) is 0 Å². The first kappa shape index (κ1) is 19.6. The molecule has 1 saturated heterocycles. The molecule has 28 heavy (non-hydrogen) atoms. The molecule has 6 heteroatoms. The van der Waals surface area contributed by atoms with Crippen molar-refractivity contribution < 1.29 is 28.9 Å². The molecule has 1 heterocycles. The third-order valence-electron chi connectivity index (χ3n) is 8.22. The number of methoxy groups -OCH3 is 2. The van der Waals surface area contributed by atoms with E-state index in [4.69, 9.17) is 14.2 Å². The van der Waals surface area contributed by atoms with Crippen LogP contribution < -0.4 is 0 Å². The Labute approximate surface area is 165 Å². The van der Waals surface area contributed by atoms with Crippen molar-refractivity contribution in [3.8, 4) is 0 Å². The molecular weight excluding hydrogens is 360 g/mol. The van der Waals surface area contributed by atoms with Gasteiger partial charge in [-0.3, -0.25) is 9.59 Å². The van der Waals surface area contributed by atoms with Gasteiger partial charge in [0.25, 0.3) is 0 Å². The minimum Gasteiger partial charge on any atom is -0.493 e. The highest BCUT2D eigenvalue weighted by Crippen LogP contribution is 2.67. The zero-order valence-electron chi connectivity index (χ0n) is 17.4. The van der Waals surface area contributed by atoms with Crippen LogP contribution >= 0.6 is 0 Å². The van der Waals surface area contributed by atoms with Gasteiger partial charge in [-0.2, -0.15) is 0 Å². The predicted octanol–water partition coefficient (Wildman–Crippen LogP) is 2.61. The van der Waals surface area contributed by atoms with E-state index in [1.54, 1.807) is 0 Å². The number of Topliss-reactive ketones (excluding diaryl/α,β-unsaturated/α-hetero) is 2. The molecule has 2 fully saturated rings. The topological polar surface area (TPSA) is 82.1 Å². The van der Waals surface area contributed by atoms with Gasteiger partial charge >= 0.3 is 0 Å². The molecule has 6 nitrogen and oxygen atoms in total. The van der Waals surface area contributed by atoms with Crippen molar-refractivity contribution in [2.24, 2.45) is 34.5 Å². The van der Waals surface area contributed by atoms with Crippen molar-refractivity contribution in [2.45, 2.75) is 52.9 Å². The van der Waals surface area contributed by atoms with E-state index in [1.807, 2.05) is 19.9 Å². The molecule has 4 rings (SSSR count). The zero-order valence-corrected chi connectivity index (χ0v) is 17.4. The van der Waals surface area contributed by atoms with E-state index in [1.165, 1.54) is 14.2 Å². The second kappa shape index (κ2) is 6.17. The summed E-state index contributed by atoms with van der Waals surface area (Å²) in [6, 6.07) is 0. The average molecular weight is 390 g/mol. The molecule has 0 radical (unpaired) electrons. The molecule has 8 atom stereocenters. The van der Waals surface area contributed by atoms with Crippen LogP contribution in [0.5, 0.6) is 0 Å². The number of hydrogen-bond donors (Lipinski definition) is 1. The first-order chi connectivity index (χ1) is 13.1. The fourth-order valence-corrected chi connectivity index (χ4v) is 6.96. The summed E-state index contributed by atoms with van der Waals surface area (Å²) in [5.74, 6) is -0.284. The van der Waals surface area contributed by atoms with Gasteiger partial charge in [0.1, 0.15) is 0 Å². The molecule has 154 valence electrons. The Morgan fingerprint density at radius 3 is 2.46 bits per heavy atom. The molecule has 1 aliphatic heterocycles. The van der Waals surface area contributed by atoms with Gasteiger partial charge in [-0.05, 0) is 42.7 Å². The Hall–Kier alpha value is -1.66. The van der Waals surface area contributed by atoms with Gasteiger partial charge in [0.15, 0.2) is 17.8 Å². The van der Waals surface area contributed by atoms with E-state index >= 15 is 0 Å². The van der Waals surface area contributed by atoms with Crippen molar-refractivity contribution in [2.75, 3.05) is 14.2 Å². The van der Waals surface area contributed by atoms with Crippen LogP contribution in [0.4, 0.5) is 0 Å². The lowest BCUT2D eigenvalue weighted by Gasteiger charge is -2.65. The predicted molar refractivity (Wildman–Crippen MR) is 101 cm³/mol. The Morgan fingerprint density at radius 1 is 1.18 bits per heavy atom. The quantitative estimate of drug-likeness (QED) is 0.781. The molecule has 0 unspecified atom stereocenters. The lowest BCUT2D eigenvalue weighted by Crippen LogP contribution is -2.69. The molecule has 4 aliphatic rings. The second-order valence-corrected chi connectivity index (χ2v) is 9.30. The number of fused-ring (bicyclic) bond motifs is 2. The summed E-state index contributed by atoms with van der Waals surface area (Å²) in [6.45, 7) is 7.93. The van der Waals surface area contributed by atoms with Gasteiger partial charge in [-0.15, -0.1) is 0 Å². The minimum absolute atomic E-state index is 0.0501. The van der Waals surface area contributed by atoms with Gasteiger partial charge in [0.2, 0.25) is 11.6 Å². The first-order valence-corrected chi connectivity index (χ1v) is 10.0. The largest absolute Gasteiger partial charge is 0.493 e. The number of rotatable bonds is 2. The van der Waals surface area contributed by atoms with Crippen molar-refractivity contribution in [3.63, 3.8) is 0 Å². The number of carbonyl (C=O) groups excluding carboxylic acids is 2. The molecule has 1 saturated carbocycles. The van der Waals surface area contributed by atoms with Crippen molar-refractivity contribution >= 4 is 11.6 Å². The van der Waals surface area contributed by atoms with Gasteiger partial charge < -0.3 is 19.3 Å². The van der Waals surface area contributed by atoms with Crippen molar-refractivity contribution in [3.05, 3.63) is 23.2 Å². The number of allylic oxidation sites excluding steroid dienone is 4. The van der Waals surface area contributed by atoms with Crippen LogP contribution in [0.1, 0.15) is 40.5 Å². The number of aliphatic hydroxyl groups is 1. The highest BCUT2D eigenvalue weighted by Gasteiger charge is 2.71. The fraction of sp³-hybridized carbons (Fsp3) is 0.727. The Balaban J connectivity index is 1.97. The number of ether oxygens (including phenoxy) is 3. The highest BCUT2D eigenvalue weighted by molar-refractivity contribution is 6.07. The fourth-order valence-electron chi connectivity index (χ4n) is 6.96. The van der Waals surface area contributed by atoms with Crippen LogP contribution in [0, 0.1) is 34.5 Å². The Morgan fingerprint density at radius 2 is 1.86 bits per heavy atom. The number of ketones is 2. The molecule has 0 amide bonds. The monoisotopic (exact) mass is 390 g/mol. The zero-order chi connectivity index (χ0) is 20.6. The first-order valence-electron chi connectivity index (χ1n) is 10.0. The van der Waals surface area contributed by atoms with Gasteiger partial charge in [0, 0.05) is 23.2 Å². The third kappa shape index (κ3) is 2.16. The lowest BCUT2D eigenvalue weighted by atomic mass is 9.40. The summed E-state index contributed by atoms with van der Waals surface area (Å²) < 4.78 is 16.9. The molecule has 0 bridgehead atoms. The smallest absolute Gasteiger partial charge is 0.203 e. The average Bonchev–Trinajstić information content (AvgIpc) is 2.63. The van der Waals surface area contributed by atoms with Crippen molar-refractivity contribution in [1.29, 1.82) is 0 Å². The summed E-state index contributed by atoms with van der Waals surface area (Å²) in [6.07, 6.45) is 1.70. The van der Waals surface area contributed by atoms with Crippen LogP contribution in [-0.2, 0) is 23.8 Å². The maximum atomic E-state index is 13.7. The normalized spacial score (nSPS) is 47.9. The van der Waals surface area contributed by atoms with E-state index in [0.717, 1.165) is 5.57 Å². The number of carbonyl (C=O) groups is 2. The molecule has 0 aromatic carbocycles. The van der Waals surface area contributed by atoms with Crippen LogP contribution in [0.15, 0.2) is 23.2 Å². The number of hydrogen-bond acceptors (Lipinski definition) is 6. The lowest BCUT2D eigenvalue weighted by molar-refractivity contribution is -0.272. The standard InChI is InChI=1S/C22H30O6/c1-10-7-14(26-5)20(25)22(4)12(10)8-15-21(3)13(9-16(23)28-15)11(2)18(27-6)17(24)19(21)22/h7,10,12-13,15-16,19,23H,8-9H2,1-6H3/t10-,12-,13-,15+,16-,19-,21+,22-/m0/s1. The van der Waals surface area contributed by atoms with E-state index < -0.39 is 23.0 Å². The van der Waals surface area contributed by atoms with E-state index in [9.17, 15) is 14.7 Å². The van der Waals surface area contributed by atoms with Gasteiger partial charge in [-0.1, -0.05) is 20.8 Å². The summed E-state index contributed by atoms with van der Waals surface area (Å²) in [7, 11) is 3.00. The van der Waals surface area contributed by atoms with Crippen molar-refractivity contribution in [1.82, 2.24) is 0 Å². The summed E-state index contributed by atoms with van der Waals surface area (Å²) in [4.78, 5) is 27.3. The molecular formula is C22H30O6. The Bertz CT molecular complexity index is 797. The summed E-state index contributed by atoms with van der Waals surface area (Å²) >= 11 is 0. The molecule has 0 aromatic rings. The molecule has 1 N–H and O–H groups in total. The molecule has 0 spiro atoms. The van der Waals surface area contributed by atoms with Crippen LogP contribution in [0.3, 0.4) is 0 Å². The minimum atomic E-state index is -0.907. The van der Waals surface area contributed by atoms with E-state index in [-0.39, 0.29) is 35.4 Å². The van der Waals surface area contributed by atoms with Crippen LogP contribution in [-0.4, -0.2) is 43.3 Å². The maximum absolute atomic E-state index is 13.7. The third-order valence-corrected chi connectivity index (χ3v) is 8.22. The maximum Gasteiger partial charge on any atom is 0.203 e. The Kier molecular flexibility index (Phi) is 4.33.